The maximum Gasteiger partial charge on any atom is 0.119 e. The molecule has 1 saturated carbocycles. The molecular weight excluding hydrogens is 234 g/mol. The minimum absolute atomic E-state index is 0.692. The van der Waals surface area contributed by atoms with E-state index in [1.165, 1.54) is 36.8 Å². The zero-order chi connectivity index (χ0) is 13.7. The van der Waals surface area contributed by atoms with E-state index in [4.69, 9.17) is 4.74 Å². The second-order valence-electron chi connectivity index (χ2n) is 5.92. The lowest BCUT2D eigenvalue weighted by Crippen LogP contribution is -2.39. The van der Waals surface area contributed by atoms with Crippen molar-refractivity contribution in [3.8, 4) is 5.75 Å². The third-order valence-corrected chi connectivity index (χ3v) is 4.37. The van der Waals surface area contributed by atoms with E-state index in [0.29, 0.717) is 6.04 Å². The number of hydrogen-bond acceptors (Lipinski definition) is 2. The second kappa shape index (κ2) is 6.95. The fraction of sp³-hybridized carbons (Fsp3) is 0.647. The quantitative estimate of drug-likeness (QED) is 0.813. The highest BCUT2D eigenvalue weighted by molar-refractivity contribution is 5.33. The van der Waals surface area contributed by atoms with Crippen LogP contribution in [0, 0.1) is 19.8 Å². The van der Waals surface area contributed by atoms with E-state index in [2.05, 4.69) is 44.3 Å². The van der Waals surface area contributed by atoms with E-state index >= 15 is 0 Å². The van der Waals surface area contributed by atoms with E-state index in [1.807, 2.05) is 0 Å². The lowest BCUT2D eigenvalue weighted by molar-refractivity contribution is 0.251. The molecule has 2 atom stereocenters. The van der Waals surface area contributed by atoms with E-state index < -0.39 is 0 Å². The van der Waals surface area contributed by atoms with Gasteiger partial charge in [-0.3, -0.25) is 0 Å². The predicted molar refractivity (Wildman–Crippen MR) is 80.8 cm³/mol. The van der Waals surface area contributed by atoms with Crippen molar-refractivity contribution in [2.75, 3.05) is 13.2 Å². The Morgan fingerprint density at radius 2 is 1.95 bits per heavy atom. The van der Waals surface area contributed by atoms with Crippen LogP contribution in [0.1, 0.15) is 43.7 Å². The van der Waals surface area contributed by atoms with Crippen molar-refractivity contribution in [3.05, 3.63) is 29.3 Å². The molecule has 1 aromatic rings. The Hall–Kier alpha value is -1.02. The zero-order valence-electron chi connectivity index (χ0n) is 12.5. The van der Waals surface area contributed by atoms with Crippen LogP contribution in [0.3, 0.4) is 0 Å². The van der Waals surface area contributed by atoms with Crippen molar-refractivity contribution in [3.63, 3.8) is 0 Å². The molecule has 106 valence electrons. The molecule has 1 aliphatic carbocycles. The first-order valence-electron chi connectivity index (χ1n) is 7.60. The van der Waals surface area contributed by atoms with E-state index in [-0.39, 0.29) is 0 Å². The molecule has 1 aliphatic rings. The van der Waals surface area contributed by atoms with Crippen molar-refractivity contribution in [2.45, 2.75) is 52.5 Å². The van der Waals surface area contributed by atoms with Crippen LogP contribution in [0.2, 0.25) is 0 Å². The van der Waals surface area contributed by atoms with Crippen LogP contribution in [0.15, 0.2) is 18.2 Å². The number of benzene rings is 1. The summed E-state index contributed by atoms with van der Waals surface area (Å²) in [5.74, 6) is 1.80. The lowest BCUT2D eigenvalue weighted by atomic mass is 9.86. The monoisotopic (exact) mass is 261 g/mol. The van der Waals surface area contributed by atoms with Crippen molar-refractivity contribution >= 4 is 0 Å². The van der Waals surface area contributed by atoms with Gasteiger partial charge in [0.25, 0.3) is 0 Å². The molecule has 1 fully saturated rings. The number of rotatable bonds is 5. The number of aryl methyl sites for hydroxylation is 2. The Labute approximate surface area is 117 Å². The summed E-state index contributed by atoms with van der Waals surface area (Å²) >= 11 is 0. The van der Waals surface area contributed by atoms with Gasteiger partial charge < -0.3 is 10.1 Å². The standard InChI is InChI=1S/C17H27NO/c1-13-8-9-16(12-15(13)3)19-11-10-18-17-7-5-4-6-14(17)2/h8-9,12,14,17-18H,4-7,10-11H2,1-3H3. The first-order chi connectivity index (χ1) is 9.16. The molecule has 0 amide bonds. The summed E-state index contributed by atoms with van der Waals surface area (Å²) < 4.78 is 5.81. The van der Waals surface area contributed by atoms with Gasteiger partial charge in [0.1, 0.15) is 12.4 Å². The topological polar surface area (TPSA) is 21.3 Å². The second-order valence-corrected chi connectivity index (χ2v) is 5.92. The maximum absolute atomic E-state index is 5.81. The summed E-state index contributed by atoms with van der Waals surface area (Å²) in [6.45, 7) is 8.32. The Morgan fingerprint density at radius 3 is 2.68 bits per heavy atom. The van der Waals surface area contributed by atoms with Gasteiger partial charge in [0.05, 0.1) is 0 Å². The minimum atomic E-state index is 0.692. The van der Waals surface area contributed by atoms with E-state index in [1.54, 1.807) is 0 Å². The van der Waals surface area contributed by atoms with Gasteiger partial charge >= 0.3 is 0 Å². The molecule has 0 radical (unpaired) electrons. The highest BCUT2D eigenvalue weighted by Gasteiger charge is 2.20. The fourth-order valence-electron chi connectivity index (χ4n) is 2.84. The predicted octanol–water partition coefficient (Wildman–Crippen LogP) is 3.85. The van der Waals surface area contributed by atoms with Gasteiger partial charge in [-0.25, -0.2) is 0 Å². The molecule has 2 nitrogen and oxygen atoms in total. The molecule has 0 bridgehead atoms. The summed E-state index contributed by atoms with van der Waals surface area (Å²) in [7, 11) is 0. The van der Waals surface area contributed by atoms with Crippen molar-refractivity contribution < 1.29 is 4.74 Å². The summed E-state index contributed by atoms with van der Waals surface area (Å²) in [5.41, 5.74) is 2.62. The van der Waals surface area contributed by atoms with Crippen LogP contribution in [-0.2, 0) is 0 Å². The zero-order valence-corrected chi connectivity index (χ0v) is 12.5. The van der Waals surface area contributed by atoms with Crippen LogP contribution in [0.4, 0.5) is 0 Å². The molecule has 0 saturated heterocycles. The molecule has 19 heavy (non-hydrogen) atoms. The van der Waals surface area contributed by atoms with Crippen LogP contribution in [0.5, 0.6) is 5.75 Å². The summed E-state index contributed by atoms with van der Waals surface area (Å²) in [6.07, 6.45) is 5.47. The SMILES string of the molecule is Cc1ccc(OCCNC2CCCCC2C)cc1C. The average molecular weight is 261 g/mol. The summed E-state index contributed by atoms with van der Waals surface area (Å²) in [5, 5.41) is 3.64. The third kappa shape index (κ3) is 4.24. The fourth-order valence-corrected chi connectivity index (χ4v) is 2.84. The highest BCUT2D eigenvalue weighted by atomic mass is 16.5. The molecule has 2 heteroatoms. The van der Waals surface area contributed by atoms with Crippen LogP contribution in [0.25, 0.3) is 0 Å². The van der Waals surface area contributed by atoms with Gasteiger partial charge in [-0.2, -0.15) is 0 Å². The van der Waals surface area contributed by atoms with Crippen molar-refractivity contribution in [1.29, 1.82) is 0 Å². The van der Waals surface area contributed by atoms with Crippen molar-refractivity contribution in [1.82, 2.24) is 5.32 Å². The van der Waals surface area contributed by atoms with Crippen LogP contribution >= 0.6 is 0 Å². The largest absolute Gasteiger partial charge is 0.492 e. The van der Waals surface area contributed by atoms with Gasteiger partial charge in [-0.15, -0.1) is 0 Å². The van der Waals surface area contributed by atoms with Gasteiger partial charge in [-0.05, 0) is 55.9 Å². The first-order valence-corrected chi connectivity index (χ1v) is 7.60. The molecule has 0 spiro atoms. The highest BCUT2D eigenvalue weighted by Crippen LogP contribution is 2.23. The maximum atomic E-state index is 5.81. The first kappa shape index (κ1) is 14.4. The average Bonchev–Trinajstić information content (AvgIpc) is 2.40. The Balaban J connectivity index is 1.70. The van der Waals surface area contributed by atoms with Crippen LogP contribution in [-0.4, -0.2) is 19.2 Å². The molecule has 0 aromatic heterocycles. The third-order valence-electron chi connectivity index (χ3n) is 4.37. The van der Waals surface area contributed by atoms with Gasteiger partial charge in [0.2, 0.25) is 0 Å². The van der Waals surface area contributed by atoms with E-state index in [9.17, 15) is 0 Å². The molecule has 1 aromatic carbocycles. The molecular formula is C17H27NO. The molecule has 2 rings (SSSR count). The van der Waals surface area contributed by atoms with Gasteiger partial charge in [-0.1, -0.05) is 25.8 Å². The number of ether oxygens (including phenoxy) is 1. The number of nitrogens with one attached hydrogen (secondary N) is 1. The number of hydrogen-bond donors (Lipinski definition) is 1. The van der Waals surface area contributed by atoms with Crippen molar-refractivity contribution in [2.24, 2.45) is 5.92 Å². The lowest BCUT2D eigenvalue weighted by Gasteiger charge is -2.29. The Bertz CT molecular complexity index is 402. The minimum Gasteiger partial charge on any atom is -0.492 e. The van der Waals surface area contributed by atoms with Crippen LogP contribution < -0.4 is 10.1 Å². The summed E-state index contributed by atoms with van der Waals surface area (Å²) in [4.78, 5) is 0. The molecule has 1 N–H and O–H groups in total. The normalized spacial score (nSPS) is 23.3. The Kier molecular flexibility index (Phi) is 5.26. The smallest absolute Gasteiger partial charge is 0.119 e. The summed E-state index contributed by atoms with van der Waals surface area (Å²) in [6, 6.07) is 7.00. The molecule has 0 aliphatic heterocycles. The molecule has 2 unspecified atom stereocenters. The molecule has 0 heterocycles. The van der Waals surface area contributed by atoms with E-state index in [0.717, 1.165) is 24.8 Å². The Morgan fingerprint density at radius 1 is 1.16 bits per heavy atom. The van der Waals surface area contributed by atoms with Gasteiger partial charge in [0, 0.05) is 12.6 Å². The van der Waals surface area contributed by atoms with Gasteiger partial charge in [0.15, 0.2) is 0 Å².